The van der Waals surface area contributed by atoms with Crippen molar-refractivity contribution in [3.8, 4) is 23.1 Å². The van der Waals surface area contributed by atoms with Gasteiger partial charge in [0.25, 0.3) is 5.91 Å². The van der Waals surface area contributed by atoms with Crippen LogP contribution in [-0.4, -0.2) is 40.3 Å². The van der Waals surface area contributed by atoms with Gasteiger partial charge in [-0.1, -0.05) is 12.1 Å². The number of oxazole rings is 1. The van der Waals surface area contributed by atoms with E-state index in [9.17, 15) is 14.4 Å². The molecule has 0 saturated carbocycles. The summed E-state index contributed by atoms with van der Waals surface area (Å²) in [4.78, 5) is 47.0. The van der Waals surface area contributed by atoms with Gasteiger partial charge in [-0.15, -0.1) is 0 Å². The predicted octanol–water partition coefficient (Wildman–Crippen LogP) is 3.71. The monoisotopic (exact) mass is 538 g/mol. The molecule has 2 aromatic heterocycles. The van der Waals surface area contributed by atoms with Crippen molar-refractivity contribution in [2.45, 2.75) is 25.8 Å². The van der Waals surface area contributed by atoms with Crippen LogP contribution in [0, 0.1) is 11.3 Å². The molecule has 3 N–H and O–H groups in total. The standard InChI is InChI=1S/C29H26N6O5/c1-29(2,13-18-4-6-19(7-5-18)27(37)34-21-9-8-20(14-30)33-15-21)35(28(38)26(31)36)22-10-11-23(24(12-22)39-3)25-16-32-17-40-25/h4-12,15-17H,13H2,1-3H3,(H2,31,36)(H,34,37). The maximum absolute atomic E-state index is 13.1. The summed E-state index contributed by atoms with van der Waals surface area (Å²) in [7, 11) is 1.49. The number of nitrogens with two attached hydrogens (primary N) is 1. The maximum atomic E-state index is 13.1. The van der Waals surface area contributed by atoms with E-state index in [4.69, 9.17) is 20.1 Å². The molecular weight excluding hydrogens is 512 g/mol. The number of benzene rings is 2. The van der Waals surface area contributed by atoms with E-state index in [1.807, 2.05) is 19.9 Å². The first-order valence-electron chi connectivity index (χ1n) is 12.1. The van der Waals surface area contributed by atoms with Crippen LogP contribution in [0.2, 0.25) is 0 Å². The van der Waals surface area contributed by atoms with Gasteiger partial charge in [-0.3, -0.25) is 19.3 Å². The Morgan fingerprint density at radius 2 is 1.85 bits per heavy atom. The Labute approximate surface area is 230 Å². The minimum absolute atomic E-state index is 0.248. The van der Waals surface area contributed by atoms with Crippen LogP contribution in [0.3, 0.4) is 0 Å². The third-order valence-corrected chi connectivity index (χ3v) is 6.15. The first-order valence-corrected chi connectivity index (χ1v) is 12.1. The maximum Gasteiger partial charge on any atom is 0.316 e. The van der Waals surface area contributed by atoms with E-state index in [0.717, 1.165) is 5.56 Å². The Bertz CT molecular complexity index is 1570. The summed E-state index contributed by atoms with van der Waals surface area (Å²) in [5, 5.41) is 11.6. The number of nitrogens with one attached hydrogen (secondary N) is 1. The Morgan fingerprint density at radius 3 is 2.42 bits per heavy atom. The van der Waals surface area contributed by atoms with Crippen LogP contribution in [0.25, 0.3) is 11.3 Å². The Hall–Kier alpha value is -5.50. The quantitative estimate of drug-likeness (QED) is 0.321. The number of pyridine rings is 1. The van der Waals surface area contributed by atoms with Gasteiger partial charge >= 0.3 is 11.8 Å². The van der Waals surface area contributed by atoms with Crippen LogP contribution in [0.1, 0.15) is 35.5 Å². The fourth-order valence-corrected chi connectivity index (χ4v) is 4.31. The summed E-state index contributed by atoms with van der Waals surface area (Å²) in [5.41, 5.74) is 7.47. The largest absolute Gasteiger partial charge is 0.496 e. The molecule has 11 heteroatoms. The Kier molecular flexibility index (Phi) is 7.91. The van der Waals surface area contributed by atoms with Crippen molar-refractivity contribution < 1.29 is 23.5 Å². The number of rotatable bonds is 8. The SMILES string of the molecule is COc1cc(N(C(=O)C(N)=O)C(C)(C)Cc2ccc(C(=O)Nc3ccc(C#N)nc3)cc2)ccc1-c1cnco1. The van der Waals surface area contributed by atoms with Crippen LogP contribution in [-0.2, 0) is 16.0 Å². The van der Waals surface area contributed by atoms with E-state index in [1.165, 1.54) is 30.7 Å². The number of amides is 3. The lowest BCUT2D eigenvalue weighted by molar-refractivity contribution is -0.136. The number of anilines is 2. The molecule has 0 spiro atoms. The number of nitrogens with zero attached hydrogens (tertiary/aromatic N) is 4. The van der Waals surface area contributed by atoms with Gasteiger partial charge in [0, 0.05) is 22.9 Å². The number of carbonyl (C=O) groups excluding carboxylic acids is 3. The number of methoxy groups -OCH3 is 1. The molecule has 0 radical (unpaired) electrons. The third-order valence-electron chi connectivity index (χ3n) is 6.15. The van der Waals surface area contributed by atoms with Crippen molar-refractivity contribution in [2.24, 2.45) is 5.73 Å². The molecule has 4 aromatic rings. The van der Waals surface area contributed by atoms with Crippen molar-refractivity contribution in [3.63, 3.8) is 0 Å². The van der Waals surface area contributed by atoms with Gasteiger partial charge in [0.05, 0.1) is 30.8 Å². The predicted molar refractivity (Wildman–Crippen MR) is 146 cm³/mol. The second-order valence-electron chi connectivity index (χ2n) is 9.44. The van der Waals surface area contributed by atoms with Crippen LogP contribution in [0.5, 0.6) is 5.75 Å². The third kappa shape index (κ3) is 5.97. The number of nitriles is 1. The van der Waals surface area contributed by atoms with Gasteiger partial charge in [0.1, 0.15) is 17.5 Å². The average molecular weight is 539 g/mol. The molecule has 2 aromatic carbocycles. The molecule has 0 atom stereocenters. The van der Waals surface area contributed by atoms with Crippen LogP contribution in [0.15, 0.2) is 77.8 Å². The lowest BCUT2D eigenvalue weighted by Crippen LogP contribution is -2.53. The summed E-state index contributed by atoms with van der Waals surface area (Å²) in [6.45, 7) is 3.62. The van der Waals surface area contributed by atoms with Gasteiger partial charge in [-0.05, 0) is 62.2 Å². The first-order chi connectivity index (χ1) is 19.1. The molecule has 0 aliphatic carbocycles. The molecule has 0 unspecified atom stereocenters. The van der Waals surface area contributed by atoms with Gasteiger partial charge < -0.3 is 20.2 Å². The summed E-state index contributed by atoms with van der Waals surface area (Å²) in [6, 6.07) is 16.9. The van der Waals surface area contributed by atoms with E-state index < -0.39 is 17.4 Å². The Morgan fingerprint density at radius 1 is 1.10 bits per heavy atom. The molecule has 0 aliphatic heterocycles. The summed E-state index contributed by atoms with van der Waals surface area (Å²) < 4.78 is 10.9. The molecular formula is C29H26N6O5. The zero-order chi connectivity index (χ0) is 28.9. The minimum Gasteiger partial charge on any atom is -0.496 e. The number of ether oxygens (including phenoxy) is 1. The smallest absolute Gasteiger partial charge is 0.316 e. The second-order valence-corrected chi connectivity index (χ2v) is 9.44. The highest BCUT2D eigenvalue weighted by atomic mass is 16.5. The second kappa shape index (κ2) is 11.5. The summed E-state index contributed by atoms with van der Waals surface area (Å²) >= 11 is 0. The van der Waals surface area contributed by atoms with Crippen molar-refractivity contribution in [1.82, 2.24) is 9.97 Å². The van der Waals surface area contributed by atoms with Crippen LogP contribution >= 0.6 is 0 Å². The number of hydrogen-bond donors (Lipinski definition) is 2. The fourth-order valence-electron chi connectivity index (χ4n) is 4.31. The zero-order valence-corrected chi connectivity index (χ0v) is 22.0. The first kappa shape index (κ1) is 27.5. The Balaban J connectivity index is 1.57. The molecule has 2 heterocycles. The molecule has 0 aliphatic rings. The molecule has 0 saturated heterocycles. The molecule has 0 fully saturated rings. The fraction of sp³-hybridized carbons (Fsp3) is 0.172. The molecule has 4 rings (SSSR count). The van der Waals surface area contributed by atoms with E-state index in [2.05, 4.69) is 15.3 Å². The van der Waals surface area contributed by atoms with Crippen LogP contribution in [0.4, 0.5) is 11.4 Å². The highest BCUT2D eigenvalue weighted by molar-refractivity contribution is 6.40. The number of primary amides is 1. The average Bonchev–Trinajstić information content (AvgIpc) is 3.48. The van der Waals surface area contributed by atoms with Crippen molar-refractivity contribution in [1.29, 1.82) is 5.26 Å². The molecule has 0 bridgehead atoms. The van der Waals surface area contributed by atoms with E-state index in [1.54, 1.807) is 54.7 Å². The number of carbonyl (C=O) groups is 3. The summed E-state index contributed by atoms with van der Waals surface area (Å²) in [5.74, 6) is -1.43. The highest BCUT2D eigenvalue weighted by Gasteiger charge is 2.35. The normalized spacial score (nSPS) is 10.8. The number of hydrogen-bond acceptors (Lipinski definition) is 8. The van der Waals surface area contributed by atoms with Crippen molar-refractivity contribution in [3.05, 3.63) is 90.2 Å². The molecule has 3 amide bonds. The highest BCUT2D eigenvalue weighted by Crippen LogP contribution is 2.36. The summed E-state index contributed by atoms with van der Waals surface area (Å²) in [6.07, 6.45) is 4.58. The minimum atomic E-state index is -1.10. The van der Waals surface area contributed by atoms with E-state index in [-0.39, 0.29) is 11.6 Å². The van der Waals surface area contributed by atoms with Gasteiger partial charge in [-0.25, -0.2) is 9.97 Å². The lowest BCUT2D eigenvalue weighted by Gasteiger charge is -2.38. The van der Waals surface area contributed by atoms with Gasteiger partial charge in [-0.2, -0.15) is 5.26 Å². The topological polar surface area (TPSA) is 164 Å². The van der Waals surface area contributed by atoms with E-state index >= 15 is 0 Å². The number of aromatic nitrogens is 2. The van der Waals surface area contributed by atoms with Crippen molar-refractivity contribution in [2.75, 3.05) is 17.3 Å². The molecule has 11 nitrogen and oxygen atoms in total. The van der Waals surface area contributed by atoms with E-state index in [0.29, 0.717) is 40.4 Å². The van der Waals surface area contributed by atoms with Gasteiger partial charge in [0.15, 0.2) is 12.2 Å². The molecule has 202 valence electrons. The van der Waals surface area contributed by atoms with Crippen molar-refractivity contribution >= 4 is 29.1 Å². The zero-order valence-electron chi connectivity index (χ0n) is 22.0. The lowest BCUT2D eigenvalue weighted by atomic mass is 9.91. The van der Waals surface area contributed by atoms with Gasteiger partial charge in [0.2, 0.25) is 0 Å². The molecule has 40 heavy (non-hydrogen) atoms. The van der Waals surface area contributed by atoms with Crippen LogP contribution < -0.4 is 20.7 Å².